The molecule has 1 aromatic carbocycles. The Labute approximate surface area is 130 Å². The van der Waals surface area contributed by atoms with E-state index in [2.05, 4.69) is 9.97 Å². The van der Waals surface area contributed by atoms with Crippen molar-refractivity contribution in [1.82, 2.24) is 14.9 Å². The van der Waals surface area contributed by atoms with Crippen molar-refractivity contribution in [3.63, 3.8) is 0 Å². The van der Waals surface area contributed by atoms with Crippen molar-refractivity contribution < 1.29 is 22.7 Å². The number of aromatic amines is 1. The van der Waals surface area contributed by atoms with E-state index in [4.69, 9.17) is 4.74 Å². The second-order valence-corrected chi connectivity index (χ2v) is 5.14. The van der Waals surface area contributed by atoms with E-state index in [1.54, 1.807) is 24.3 Å². The van der Waals surface area contributed by atoms with Gasteiger partial charge in [-0.15, -0.1) is 0 Å². The van der Waals surface area contributed by atoms with Crippen LogP contribution < -0.4 is 0 Å². The number of morpholine rings is 1. The average Bonchev–Trinajstić information content (AvgIpc) is 3.04. The van der Waals surface area contributed by atoms with Gasteiger partial charge in [0.1, 0.15) is 11.4 Å². The van der Waals surface area contributed by atoms with Gasteiger partial charge in [-0.25, -0.2) is 4.98 Å². The van der Waals surface area contributed by atoms with Crippen molar-refractivity contribution in [2.24, 2.45) is 0 Å². The summed E-state index contributed by atoms with van der Waals surface area (Å²) < 4.78 is 43.1. The molecule has 2 heterocycles. The summed E-state index contributed by atoms with van der Waals surface area (Å²) in [6.07, 6.45) is -5.09. The van der Waals surface area contributed by atoms with Crippen molar-refractivity contribution in [2.45, 2.75) is 12.3 Å². The summed E-state index contributed by atoms with van der Waals surface area (Å²) in [7, 11) is 0. The summed E-state index contributed by atoms with van der Waals surface area (Å²) in [4.78, 5) is 20.5. The van der Waals surface area contributed by atoms with Crippen molar-refractivity contribution in [3.8, 4) is 11.3 Å². The normalized spacial score (nSPS) is 18.9. The van der Waals surface area contributed by atoms with Crippen LogP contribution >= 0.6 is 0 Å². The number of hydrogen-bond acceptors (Lipinski definition) is 3. The first kappa shape index (κ1) is 15.5. The molecule has 1 saturated heterocycles. The topological polar surface area (TPSA) is 58.2 Å². The lowest BCUT2D eigenvalue weighted by atomic mass is 10.1. The first-order valence-electron chi connectivity index (χ1n) is 7.03. The quantitative estimate of drug-likeness (QED) is 0.923. The molecule has 0 aliphatic carbocycles. The molecule has 1 atom stereocenters. The van der Waals surface area contributed by atoms with Crippen LogP contribution in [0.15, 0.2) is 36.7 Å². The van der Waals surface area contributed by atoms with Crippen molar-refractivity contribution >= 4 is 5.91 Å². The van der Waals surface area contributed by atoms with E-state index in [1.165, 1.54) is 6.33 Å². The third kappa shape index (κ3) is 3.21. The second kappa shape index (κ2) is 6.04. The van der Waals surface area contributed by atoms with Crippen LogP contribution in [0.2, 0.25) is 0 Å². The van der Waals surface area contributed by atoms with E-state index in [9.17, 15) is 18.0 Å². The van der Waals surface area contributed by atoms with Gasteiger partial charge in [-0.3, -0.25) is 4.79 Å². The molecule has 1 aliphatic rings. The van der Waals surface area contributed by atoms with Crippen LogP contribution in [0, 0.1) is 0 Å². The standard InChI is InChI=1S/C15H14F3N3O2/c16-15(17,18)11-8-21(6-7-23-11)14(22)13-12(19-9-20-13)10-4-2-1-3-5-10/h1-5,9,11H,6-8H2,(H,19,20)/t11-/m0/s1. The Morgan fingerprint density at radius 3 is 2.74 bits per heavy atom. The Balaban J connectivity index is 1.83. The number of amides is 1. The number of halogens is 3. The zero-order chi connectivity index (χ0) is 16.4. The molecule has 1 aromatic heterocycles. The molecular weight excluding hydrogens is 311 g/mol. The molecular formula is C15H14F3N3O2. The number of ether oxygens (including phenoxy) is 1. The molecule has 0 spiro atoms. The van der Waals surface area contributed by atoms with Gasteiger partial charge in [0.2, 0.25) is 0 Å². The third-order valence-corrected chi connectivity index (χ3v) is 3.62. The third-order valence-electron chi connectivity index (χ3n) is 3.62. The molecule has 5 nitrogen and oxygen atoms in total. The minimum atomic E-state index is -4.49. The number of H-pyrrole nitrogens is 1. The summed E-state index contributed by atoms with van der Waals surface area (Å²) in [5.41, 5.74) is 1.32. The van der Waals surface area contributed by atoms with E-state index < -0.39 is 24.7 Å². The Morgan fingerprint density at radius 2 is 2.04 bits per heavy atom. The number of nitrogens with zero attached hydrogens (tertiary/aromatic N) is 2. The lowest BCUT2D eigenvalue weighted by Crippen LogP contribution is -2.51. The Hall–Kier alpha value is -2.35. The molecule has 122 valence electrons. The lowest BCUT2D eigenvalue weighted by molar-refractivity contribution is -0.233. The monoisotopic (exact) mass is 325 g/mol. The van der Waals surface area contributed by atoms with Crippen molar-refractivity contribution in [1.29, 1.82) is 0 Å². The summed E-state index contributed by atoms with van der Waals surface area (Å²) >= 11 is 0. The highest BCUT2D eigenvalue weighted by atomic mass is 19.4. The number of hydrogen-bond donors (Lipinski definition) is 1. The minimum absolute atomic E-state index is 0.110. The number of carbonyl (C=O) groups is 1. The Kier molecular flexibility index (Phi) is 4.08. The highest BCUT2D eigenvalue weighted by Gasteiger charge is 2.44. The molecule has 1 fully saturated rings. The second-order valence-electron chi connectivity index (χ2n) is 5.14. The molecule has 1 N–H and O–H groups in total. The van der Waals surface area contributed by atoms with Gasteiger partial charge in [0, 0.05) is 12.1 Å². The minimum Gasteiger partial charge on any atom is -0.365 e. The first-order chi connectivity index (χ1) is 11.0. The number of rotatable bonds is 2. The van der Waals surface area contributed by atoms with Crippen LogP contribution in [0.1, 0.15) is 10.5 Å². The van der Waals surface area contributed by atoms with Crippen molar-refractivity contribution in [2.75, 3.05) is 19.7 Å². The molecule has 0 radical (unpaired) electrons. The summed E-state index contributed by atoms with van der Waals surface area (Å²) in [5.74, 6) is -0.515. The predicted molar refractivity (Wildman–Crippen MR) is 75.7 cm³/mol. The van der Waals surface area contributed by atoms with Gasteiger partial charge < -0.3 is 14.6 Å². The van der Waals surface area contributed by atoms with Crippen LogP contribution in [0.25, 0.3) is 11.3 Å². The number of aromatic nitrogens is 2. The molecule has 0 unspecified atom stereocenters. The molecule has 8 heteroatoms. The van der Waals surface area contributed by atoms with Crippen LogP contribution in [-0.2, 0) is 4.74 Å². The number of benzene rings is 1. The van der Waals surface area contributed by atoms with E-state index in [0.717, 1.165) is 10.5 Å². The average molecular weight is 325 g/mol. The molecule has 1 aliphatic heterocycles. The first-order valence-corrected chi connectivity index (χ1v) is 7.03. The van der Waals surface area contributed by atoms with Crippen LogP contribution in [-0.4, -0.2) is 52.8 Å². The van der Waals surface area contributed by atoms with E-state index >= 15 is 0 Å². The number of carbonyl (C=O) groups excluding carboxylic acids is 1. The van der Waals surface area contributed by atoms with E-state index in [1.807, 2.05) is 6.07 Å². The summed E-state index contributed by atoms with van der Waals surface area (Å²) in [6.45, 7) is -0.557. The number of nitrogens with one attached hydrogen (secondary N) is 1. The molecule has 0 bridgehead atoms. The van der Waals surface area contributed by atoms with Crippen LogP contribution in [0.4, 0.5) is 13.2 Å². The fraction of sp³-hybridized carbons (Fsp3) is 0.333. The van der Waals surface area contributed by atoms with Crippen LogP contribution in [0.5, 0.6) is 0 Å². The van der Waals surface area contributed by atoms with Gasteiger partial charge in [0.25, 0.3) is 5.91 Å². The molecule has 3 rings (SSSR count). The highest BCUT2D eigenvalue weighted by molar-refractivity contribution is 5.98. The predicted octanol–water partition coefficient (Wildman–Crippen LogP) is 2.48. The van der Waals surface area contributed by atoms with Gasteiger partial charge in [-0.2, -0.15) is 13.2 Å². The smallest absolute Gasteiger partial charge is 0.365 e. The zero-order valence-corrected chi connectivity index (χ0v) is 12.0. The van der Waals surface area contributed by atoms with Gasteiger partial charge in [0.05, 0.1) is 19.5 Å². The maximum absolute atomic E-state index is 12.8. The maximum Gasteiger partial charge on any atom is 0.416 e. The maximum atomic E-state index is 12.8. The highest BCUT2D eigenvalue weighted by Crippen LogP contribution is 2.27. The number of alkyl halides is 3. The number of imidazole rings is 1. The molecule has 0 saturated carbocycles. The Bertz CT molecular complexity index is 685. The zero-order valence-electron chi connectivity index (χ0n) is 12.0. The van der Waals surface area contributed by atoms with Crippen LogP contribution in [0.3, 0.4) is 0 Å². The molecule has 1 amide bonds. The Morgan fingerprint density at radius 1 is 1.30 bits per heavy atom. The van der Waals surface area contributed by atoms with Gasteiger partial charge >= 0.3 is 6.18 Å². The molecule has 2 aromatic rings. The largest absolute Gasteiger partial charge is 0.416 e. The van der Waals surface area contributed by atoms with Gasteiger partial charge in [-0.1, -0.05) is 30.3 Å². The lowest BCUT2D eigenvalue weighted by Gasteiger charge is -2.33. The van der Waals surface area contributed by atoms with Gasteiger partial charge in [0.15, 0.2) is 6.10 Å². The molecule has 23 heavy (non-hydrogen) atoms. The van der Waals surface area contributed by atoms with E-state index in [0.29, 0.717) is 5.69 Å². The van der Waals surface area contributed by atoms with Gasteiger partial charge in [-0.05, 0) is 0 Å². The van der Waals surface area contributed by atoms with E-state index in [-0.39, 0.29) is 18.8 Å². The fourth-order valence-corrected chi connectivity index (χ4v) is 2.46. The summed E-state index contributed by atoms with van der Waals surface area (Å²) in [6, 6.07) is 8.99. The fourth-order valence-electron chi connectivity index (χ4n) is 2.46. The SMILES string of the molecule is O=C(c1[nH]cnc1-c1ccccc1)N1CCO[C@H](C(F)(F)F)C1. The van der Waals surface area contributed by atoms with Crippen molar-refractivity contribution in [3.05, 3.63) is 42.4 Å². The summed E-state index contributed by atoms with van der Waals surface area (Å²) in [5, 5.41) is 0.